The molecule has 2 nitrogen and oxygen atoms in total. The topological polar surface area (TPSA) is 18.5 Å². The van der Waals surface area contributed by atoms with Crippen LogP contribution in [0.25, 0.3) is 0 Å². The molecular formula is C16H20Br2O2. The highest BCUT2D eigenvalue weighted by Gasteiger charge is 2.61. The fourth-order valence-corrected chi connectivity index (χ4v) is 6.28. The highest BCUT2D eigenvalue weighted by Crippen LogP contribution is 2.65. The highest BCUT2D eigenvalue weighted by atomic mass is 79.9. The first-order chi connectivity index (χ1) is 9.59. The van der Waals surface area contributed by atoms with E-state index in [0.717, 1.165) is 32.5 Å². The average Bonchev–Trinajstić information content (AvgIpc) is 2.87. The third kappa shape index (κ3) is 1.87. The van der Waals surface area contributed by atoms with Crippen molar-refractivity contribution in [3.63, 3.8) is 0 Å². The molecule has 1 saturated carbocycles. The minimum absolute atomic E-state index is 0.277. The molecule has 20 heavy (non-hydrogen) atoms. The molecule has 1 spiro atoms. The van der Waals surface area contributed by atoms with E-state index >= 15 is 0 Å². The summed E-state index contributed by atoms with van der Waals surface area (Å²) in [5.74, 6) is -0.444. The molecule has 1 aliphatic heterocycles. The van der Waals surface area contributed by atoms with E-state index < -0.39 is 5.79 Å². The molecule has 4 heteroatoms. The summed E-state index contributed by atoms with van der Waals surface area (Å²) in [5, 5.41) is 0. The van der Waals surface area contributed by atoms with E-state index in [1.807, 2.05) is 0 Å². The van der Waals surface area contributed by atoms with Crippen LogP contribution in [0.2, 0.25) is 0 Å². The summed E-state index contributed by atoms with van der Waals surface area (Å²) in [6, 6.07) is 0. The van der Waals surface area contributed by atoms with E-state index in [9.17, 15) is 0 Å². The molecule has 3 aliphatic carbocycles. The van der Waals surface area contributed by atoms with Gasteiger partial charge in [-0.15, -0.1) is 0 Å². The van der Waals surface area contributed by atoms with Crippen molar-refractivity contribution in [2.45, 2.75) is 47.5 Å². The predicted molar refractivity (Wildman–Crippen MR) is 86.3 cm³/mol. The van der Waals surface area contributed by atoms with Crippen LogP contribution in [0.3, 0.4) is 0 Å². The van der Waals surface area contributed by atoms with Gasteiger partial charge < -0.3 is 9.47 Å². The minimum Gasteiger partial charge on any atom is -0.344 e. The third-order valence-corrected chi connectivity index (χ3v) is 8.40. The van der Waals surface area contributed by atoms with Crippen LogP contribution in [0, 0.1) is 10.8 Å². The van der Waals surface area contributed by atoms with Crippen LogP contribution in [0.1, 0.15) is 32.1 Å². The van der Waals surface area contributed by atoms with Gasteiger partial charge in [0, 0.05) is 16.1 Å². The van der Waals surface area contributed by atoms with E-state index in [-0.39, 0.29) is 10.8 Å². The fraction of sp³-hybridized carbons (Fsp3) is 0.750. The van der Waals surface area contributed by atoms with Crippen LogP contribution in [0.15, 0.2) is 24.3 Å². The number of halogens is 2. The van der Waals surface area contributed by atoms with Gasteiger partial charge in [0.2, 0.25) is 0 Å². The lowest BCUT2D eigenvalue weighted by Crippen LogP contribution is -2.56. The van der Waals surface area contributed by atoms with Gasteiger partial charge in [0.1, 0.15) is 0 Å². The molecule has 0 amide bonds. The van der Waals surface area contributed by atoms with Gasteiger partial charge in [0.15, 0.2) is 5.79 Å². The van der Waals surface area contributed by atoms with Crippen LogP contribution in [0.5, 0.6) is 0 Å². The van der Waals surface area contributed by atoms with Gasteiger partial charge in [-0.3, -0.25) is 0 Å². The summed E-state index contributed by atoms with van der Waals surface area (Å²) in [6.07, 6.45) is 15.1. The van der Waals surface area contributed by atoms with Crippen LogP contribution in [-0.2, 0) is 9.47 Å². The Morgan fingerprint density at radius 3 is 2.40 bits per heavy atom. The number of ether oxygens (including phenoxy) is 2. The molecule has 4 rings (SSSR count). The Kier molecular flexibility index (Phi) is 3.27. The lowest BCUT2D eigenvalue weighted by atomic mass is 9.47. The van der Waals surface area contributed by atoms with Crippen molar-refractivity contribution in [3.05, 3.63) is 24.3 Å². The molecule has 0 radical (unpaired) electrons. The van der Waals surface area contributed by atoms with Gasteiger partial charge in [0.25, 0.3) is 0 Å². The van der Waals surface area contributed by atoms with E-state index in [2.05, 4.69) is 56.2 Å². The van der Waals surface area contributed by atoms with E-state index in [1.54, 1.807) is 0 Å². The predicted octanol–water partition coefficient (Wildman–Crippen LogP) is 4.33. The van der Waals surface area contributed by atoms with E-state index in [1.165, 1.54) is 12.8 Å². The Morgan fingerprint density at radius 1 is 0.900 bits per heavy atom. The smallest absolute Gasteiger partial charge is 0.188 e. The van der Waals surface area contributed by atoms with Gasteiger partial charge in [-0.05, 0) is 42.6 Å². The molecule has 0 N–H and O–H groups in total. The van der Waals surface area contributed by atoms with Crippen molar-refractivity contribution in [3.8, 4) is 0 Å². The molecule has 0 bridgehead atoms. The van der Waals surface area contributed by atoms with Gasteiger partial charge in [-0.1, -0.05) is 50.1 Å². The van der Waals surface area contributed by atoms with Crippen molar-refractivity contribution >= 4 is 31.9 Å². The van der Waals surface area contributed by atoms with Crippen LogP contribution >= 0.6 is 31.9 Å². The molecule has 4 aliphatic rings. The third-order valence-electron chi connectivity index (χ3n) is 5.77. The molecule has 4 atom stereocenters. The average molecular weight is 404 g/mol. The molecule has 1 saturated heterocycles. The second-order valence-electron chi connectivity index (χ2n) is 6.78. The maximum atomic E-state index is 5.97. The number of rotatable bonds is 0. The molecule has 0 aromatic carbocycles. The Morgan fingerprint density at radius 2 is 1.60 bits per heavy atom. The molecule has 0 unspecified atom stereocenters. The van der Waals surface area contributed by atoms with Gasteiger partial charge >= 0.3 is 0 Å². The Bertz CT molecular complexity index is 469. The van der Waals surface area contributed by atoms with Gasteiger partial charge in [-0.25, -0.2) is 0 Å². The molecule has 2 fully saturated rings. The SMILES string of the molecule is Br[C@@H]1C[C@]23C=CC4(C[C@@]2(CC=CC3)C[C@@H]1Br)OCCO4. The Hall–Kier alpha value is 0.360. The zero-order valence-corrected chi connectivity index (χ0v) is 14.7. The molecular weight excluding hydrogens is 384 g/mol. The zero-order valence-electron chi connectivity index (χ0n) is 11.5. The van der Waals surface area contributed by atoms with Crippen molar-refractivity contribution in [2.75, 3.05) is 13.2 Å². The largest absolute Gasteiger partial charge is 0.344 e. The van der Waals surface area contributed by atoms with E-state index in [4.69, 9.17) is 9.47 Å². The van der Waals surface area contributed by atoms with Crippen LogP contribution < -0.4 is 0 Å². The second-order valence-corrected chi connectivity index (χ2v) is 9.13. The van der Waals surface area contributed by atoms with Gasteiger partial charge in [0.05, 0.1) is 13.2 Å². The maximum Gasteiger partial charge on any atom is 0.188 e. The zero-order chi connectivity index (χ0) is 13.8. The summed E-state index contributed by atoms with van der Waals surface area (Å²) in [5.41, 5.74) is 0.556. The Balaban J connectivity index is 1.78. The summed E-state index contributed by atoms with van der Waals surface area (Å²) in [6.45, 7) is 1.45. The van der Waals surface area contributed by atoms with E-state index in [0.29, 0.717) is 9.65 Å². The number of hydrogen-bond acceptors (Lipinski definition) is 2. The molecule has 1 heterocycles. The van der Waals surface area contributed by atoms with Crippen molar-refractivity contribution in [2.24, 2.45) is 10.8 Å². The lowest BCUT2D eigenvalue weighted by Gasteiger charge is -2.60. The number of hydrogen-bond donors (Lipinski definition) is 0. The summed E-state index contributed by atoms with van der Waals surface area (Å²) < 4.78 is 11.9. The molecule has 110 valence electrons. The molecule has 0 aromatic heterocycles. The van der Waals surface area contributed by atoms with Crippen molar-refractivity contribution < 1.29 is 9.47 Å². The number of allylic oxidation sites excluding steroid dienone is 3. The fourth-order valence-electron chi connectivity index (χ4n) is 4.70. The minimum atomic E-state index is -0.444. The monoisotopic (exact) mass is 402 g/mol. The first-order valence-electron chi connectivity index (χ1n) is 7.50. The summed E-state index contributed by atoms with van der Waals surface area (Å²) in [7, 11) is 0. The highest BCUT2D eigenvalue weighted by molar-refractivity contribution is 9.12. The Labute approximate surface area is 137 Å². The number of alkyl halides is 2. The van der Waals surface area contributed by atoms with Crippen molar-refractivity contribution in [1.82, 2.24) is 0 Å². The first kappa shape index (κ1) is 14.0. The van der Waals surface area contributed by atoms with Crippen molar-refractivity contribution in [1.29, 1.82) is 0 Å². The standard InChI is InChI=1S/C16H20Br2O2/c17-12-9-14-3-1-2-4-15(14,10-13(12)18)11-16(6-5-14)19-7-8-20-16/h1-2,5-6,12-13H,3-4,7-11H2/t12-,13+,14+,15-/m1/s1. The van der Waals surface area contributed by atoms with Crippen LogP contribution in [0.4, 0.5) is 0 Å². The normalized spacial score (nSPS) is 49.1. The molecule has 0 aromatic rings. The second kappa shape index (κ2) is 4.68. The maximum absolute atomic E-state index is 5.97. The quantitative estimate of drug-likeness (QED) is 0.442. The first-order valence-corrected chi connectivity index (χ1v) is 9.34. The summed E-state index contributed by atoms with van der Waals surface area (Å²) >= 11 is 7.77. The van der Waals surface area contributed by atoms with Crippen LogP contribution in [-0.4, -0.2) is 28.7 Å². The van der Waals surface area contributed by atoms with Gasteiger partial charge in [-0.2, -0.15) is 0 Å². The lowest BCUT2D eigenvalue weighted by molar-refractivity contribution is -0.175. The summed E-state index contributed by atoms with van der Waals surface area (Å²) in [4.78, 5) is 1.08.